The summed E-state index contributed by atoms with van der Waals surface area (Å²) in [4.78, 5) is 11.5. The number of hydrogen-bond acceptors (Lipinski definition) is 3. The topological polar surface area (TPSA) is 64.3 Å². The maximum atomic E-state index is 11.5. The van der Waals surface area contributed by atoms with Crippen LogP contribution >= 0.6 is 23.2 Å². The number of carbonyl (C=O) groups is 1. The number of carbonyl (C=O) groups excluding carboxylic acids is 1. The summed E-state index contributed by atoms with van der Waals surface area (Å²) in [5, 5.41) is 3.10. The van der Waals surface area contributed by atoms with Crippen molar-refractivity contribution in [3.05, 3.63) is 63.6 Å². The fourth-order valence-corrected chi connectivity index (χ4v) is 2.08. The van der Waals surface area contributed by atoms with Crippen molar-refractivity contribution in [3.63, 3.8) is 0 Å². The second-order valence-electron chi connectivity index (χ2n) is 4.55. The van der Waals surface area contributed by atoms with Gasteiger partial charge in [0.25, 0.3) is 0 Å². The van der Waals surface area contributed by atoms with E-state index in [0.29, 0.717) is 16.3 Å². The minimum atomic E-state index is -0.537. The molecular formula is C17H14Cl2N2O2. The SMILES string of the molecule is Nc1ccc(C#CCNC(=O)OCc2ccccc2)c(Cl)c1Cl. The highest BCUT2D eigenvalue weighted by molar-refractivity contribution is 6.44. The molecule has 2 aromatic rings. The van der Waals surface area contributed by atoms with Crippen LogP contribution in [0.25, 0.3) is 0 Å². The third kappa shape index (κ3) is 5.10. The largest absolute Gasteiger partial charge is 0.445 e. The molecule has 0 fully saturated rings. The molecule has 23 heavy (non-hydrogen) atoms. The Morgan fingerprint density at radius 3 is 2.61 bits per heavy atom. The highest BCUT2D eigenvalue weighted by Crippen LogP contribution is 2.30. The summed E-state index contributed by atoms with van der Waals surface area (Å²) in [5.41, 5.74) is 7.48. The lowest BCUT2D eigenvalue weighted by Crippen LogP contribution is -2.24. The van der Waals surface area contributed by atoms with Crippen molar-refractivity contribution in [2.45, 2.75) is 6.61 Å². The number of ether oxygens (including phenoxy) is 1. The molecule has 3 N–H and O–H groups in total. The number of anilines is 1. The van der Waals surface area contributed by atoms with E-state index in [1.165, 1.54) is 0 Å². The summed E-state index contributed by atoms with van der Waals surface area (Å²) < 4.78 is 5.06. The lowest BCUT2D eigenvalue weighted by Gasteiger charge is -2.04. The number of benzene rings is 2. The van der Waals surface area contributed by atoms with Crippen LogP contribution in [-0.2, 0) is 11.3 Å². The quantitative estimate of drug-likeness (QED) is 0.653. The maximum absolute atomic E-state index is 11.5. The summed E-state index contributed by atoms with van der Waals surface area (Å²) in [7, 11) is 0. The minimum Gasteiger partial charge on any atom is -0.445 e. The van der Waals surface area contributed by atoms with Crippen LogP contribution in [0.4, 0.5) is 10.5 Å². The molecule has 4 nitrogen and oxygen atoms in total. The zero-order valence-electron chi connectivity index (χ0n) is 12.1. The zero-order chi connectivity index (χ0) is 16.7. The van der Waals surface area contributed by atoms with Crippen molar-refractivity contribution in [3.8, 4) is 11.8 Å². The number of nitrogens with two attached hydrogens (primary N) is 1. The number of nitrogens with one attached hydrogen (secondary N) is 1. The Bertz CT molecular complexity index is 752. The molecular weight excluding hydrogens is 335 g/mol. The molecule has 0 spiro atoms. The van der Waals surface area contributed by atoms with Gasteiger partial charge in [-0.2, -0.15) is 0 Å². The predicted molar refractivity (Wildman–Crippen MR) is 92.4 cm³/mol. The molecule has 0 unspecified atom stereocenters. The Labute approximate surface area is 144 Å². The van der Waals surface area contributed by atoms with E-state index < -0.39 is 6.09 Å². The van der Waals surface area contributed by atoms with Gasteiger partial charge in [0.2, 0.25) is 0 Å². The van der Waals surface area contributed by atoms with Crippen molar-refractivity contribution in [2.24, 2.45) is 0 Å². The second-order valence-corrected chi connectivity index (χ2v) is 5.30. The molecule has 6 heteroatoms. The van der Waals surface area contributed by atoms with Gasteiger partial charge in [0.05, 0.1) is 22.3 Å². The van der Waals surface area contributed by atoms with Crippen LogP contribution < -0.4 is 11.1 Å². The Morgan fingerprint density at radius 2 is 1.87 bits per heavy atom. The molecule has 0 heterocycles. The molecule has 0 aliphatic heterocycles. The third-order valence-corrected chi connectivity index (χ3v) is 3.77. The van der Waals surface area contributed by atoms with Crippen molar-refractivity contribution >= 4 is 35.0 Å². The number of amides is 1. The molecule has 0 bridgehead atoms. The fourth-order valence-electron chi connectivity index (χ4n) is 1.69. The number of alkyl carbamates (subject to hydrolysis) is 1. The van der Waals surface area contributed by atoms with Crippen LogP contribution in [0.3, 0.4) is 0 Å². The molecule has 118 valence electrons. The van der Waals surface area contributed by atoms with E-state index in [2.05, 4.69) is 17.2 Å². The first kappa shape index (κ1) is 17.0. The summed E-state index contributed by atoms with van der Waals surface area (Å²) in [5.74, 6) is 5.59. The van der Waals surface area contributed by atoms with Gasteiger partial charge < -0.3 is 15.8 Å². The Kier molecular flexibility index (Phi) is 6.16. The van der Waals surface area contributed by atoms with E-state index in [4.69, 9.17) is 33.7 Å². The molecule has 0 aliphatic rings. The maximum Gasteiger partial charge on any atom is 0.408 e. The minimum absolute atomic E-state index is 0.131. The van der Waals surface area contributed by atoms with Gasteiger partial charge in [0.1, 0.15) is 6.61 Å². The predicted octanol–water partition coefficient (Wildman–Crippen LogP) is 3.85. The van der Waals surface area contributed by atoms with Gasteiger partial charge in [-0.25, -0.2) is 4.79 Å². The lowest BCUT2D eigenvalue weighted by molar-refractivity contribution is 0.141. The van der Waals surface area contributed by atoms with E-state index in [9.17, 15) is 4.79 Å². The van der Waals surface area contributed by atoms with Crippen molar-refractivity contribution in [2.75, 3.05) is 12.3 Å². The first-order chi connectivity index (χ1) is 11.1. The van der Waals surface area contributed by atoms with Crippen LogP contribution in [0.5, 0.6) is 0 Å². The highest BCUT2D eigenvalue weighted by Gasteiger charge is 2.05. The van der Waals surface area contributed by atoms with Gasteiger partial charge in [0, 0.05) is 5.56 Å². The van der Waals surface area contributed by atoms with E-state index in [-0.39, 0.29) is 18.2 Å². The Balaban J connectivity index is 1.81. The van der Waals surface area contributed by atoms with Crippen molar-refractivity contribution in [1.29, 1.82) is 0 Å². The lowest BCUT2D eigenvalue weighted by atomic mass is 10.2. The monoisotopic (exact) mass is 348 g/mol. The average Bonchev–Trinajstić information content (AvgIpc) is 2.57. The van der Waals surface area contributed by atoms with Crippen LogP contribution in [0.15, 0.2) is 42.5 Å². The summed E-state index contributed by atoms with van der Waals surface area (Å²) in [6, 6.07) is 12.7. The summed E-state index contributed by atoms with van der Waals surface area (Å²) in [6.07, 6.45) is -0.537. The summed E-state index contributed by atoms with van der Waals surface area (Å²) >= 11 is 12.0. The van der Waals surface area contributed by atoms with Gasteiger partial charge in [-0.1, -0.05) is 65.4 Å². The Morgan fingerprint density at radius 1 is 1.13 bits per heavy atom. The molecule has 2 aromatic carbocycles. The van der Waals surface area contributed by atoms with Gasteiger partial charge in [0.15, 0.2) is 0 Å². The molecule has 0 saturated carbocycles. The second kappa shape index (κ2) is 8.33. The third-order valence-electron chi connectivity index (χ3n) is 2.87. The smallest absolute Gasteiger partial charge is 0.408 e. The van der Waals surface area contributed by atoms with Gasteiger partial charge in [-0.3, -0.25) is 0 Å². The number of nitrogen functional groups attached to an aromatic ring is 1. The van der Waals surface area contributed by atoms with E-state index >= 15 is 0 Å². The van der Waals surface area contributed by atoms with Gasteiger partial charge in [-0.05, 0) is 17.7 Å². The van der Waals surface area contributed by atoms with Crippen LogP contribution in [-0.4, -0.2) is 12.6 Å². The fraction of sp³-hybridized carbons (Fsp3) is 0.118. The number of rotatable bonds is 3. The average molecular weight is 349 g/mol. The molecule has 2 rings (SSSR count). The summed E-state index contributed by atoms with van der Waals surface area (Å²) in [6.45, 7) is 0.339. The van der Waals surface area contributed by atoms with Crippen LogP contribution in [0.2, 0.25) is 10.0 Å². The number of hydrogen-bond donors (Lipinski definition) is 2. The molecule has 0 aliphatic carbocycles. The highest BCUT2D eigenvalue weighted by atomic mass is 35.5. The van der Waals surface area contributed by atoms with Crippen molar-refractivity contribution < 1.29 is 9.53 Å². The first-order valence-electron chi connectivity index (χ1n) is 6.75. The van der Waals surface area contributed by atoms with E-state index in [1.54, 1.807) is 12.1 Å². The van der Waals surface area contributed by atoms with Gasteiger partial charge in [-0.15, -0.1) is 0 Å². The Hall–Kier alpha value is -2.35. The molecule has 0 aromatic heterocycles. The van der Waals surface area contributed by atoms with Gasteiger partial charge >= 0.3 is 6.09 Å². The van der Waals surface area contributed by atoms with Crippen LogP contribution in [0, 0.1) is 11.8 Å². The molecule has 0 atom stereocenters. The zero-order valence-corrected chi connectivity index (χ0v) is 13.6. The molecule has 1 amide bonds. The number of halogens is 2. The molecule has 0 saturated heterocycles. The van der Waals surface area contributed by atoms with Crippen LogP contribution in [0.1, 0.15) is 11.1 Å². The standard InChI is InChI=1S/C17H14Cl2N2O2/c18-15-13(8-9-14(20)16(15)19)7-4-10-21-17(22)23-11-12-5-2-1-3-6-12/h1-3,5-6,8-9H,10-11,20H2,(H,21,22). The van der Waals surface area contributed by atoms with E-state index in [1.807, 2.05) is 30.3 Å². The molecule has 0 radical (unpaired) electrons. The first-order valence-corrected chi connectivity index (χ1v) is 7.50. The normalized spacial score (nSPS) is 9.65. The van der Waals surface area contributed by atoms with E-state index in [0.717, 1.165) is 5.56 Å². The van der Waals surface area contributed by atoms with Crippen molar-refractivity contribution in [1.82, 2.24) is 5.32 Å².